The fourth-order valence-corrected chi connectivity index (χ4v) is 5.86. The number of nitrogens with one attached hydrogen (secondary N) is 2. The number of aryl methyl sites for hydroxylation is 1. The molecule has 3 heterocycles. The van der Waals surface area contributed by atoms with Gasteiger partial charge in [-0.2, -0.15) is 0 Å². The van der Waals surface area contributed by atoms with E-state index in [1.807, 2.05) is 12.1 Å². The van der Waals surface area contributed by atoms with Gasteiger partial charge in [0.2, 0.25) is 15.6 Å². The molecule has 0 radical (unpaired) electrons. The topological polar surface area (TPSA) is 75.3 Å². The maximum absolute atomic E-state index is 13.0. The molecule has 1 aromatic rings. The molecule has 1 aromatic carbocycles. The smallest absolute Gasteiger partial charge is 0.291 e. The Bertz CT molecular complexity index is 812. The van der Waals surface area contributed by atoms with Crippen molar-refractivity contribution in [3.8, 4) is 0 Å². The largest absolute Gasteiger partial charge is 0.320 e. The zero-order valence-electron chi connectivity index (χ0n) is 14.1. The van der Waals surface area contributed by atoms with Crippen LogP contribution in [-0.4, -0.2) is 51.7 Å². The maximum Gasteiger partial charge on any atom is 0.291 e. The molecule has 7 heteroatoms. The summed E-state index contributed by atoms with van der Waals surface area (Å²) < 4.78 is 26.5. The molecular formula is C17H24N3O3S+. The number of anilines is 1. The van der Waals surface area contributed by atoms with Crippen LogP contribution in [-0.2, 0) is 26.8 Å². The first-order chi connectivity index (χ1) is 11.3. The van der Waals surface area contributed by atoms with E-state index >= 15 is 0 Å². The van der Waals surface area contributed by atoms with Gasteiger partial charge >= 0.3 is 0 Å². The van der Waals surface area contributed by atoms with Gasteiger partial charge in [-0.1, -0.05) is 6.07 Å². The number of rotatable bonds is 4. The fourth-order valence-electron chi connectivity index (χ4n) is 5.16. The molecule has 1 unspecified atom stereocenters. The lowest BCUT2D eigenvalue weighted by Crippen LogP contribution is -2.57. The van der Waals surface area contributed by atoms with Gasteiger partial charge in [-0.05, 0) is 31.2 Å². The number of hydrogen-bond acceptors (Lipinski definition) is 3. The highest BCUT2D eigenvalue weighted by Gasteiger charge is 2.71. The van der Waals surface area contributed by atoms with E-state index in [0.717, 1.165) is 47.2 Å². The molecule has 4 rings (SSSR count). The van der Waals surface area contributed by atoms with Crippen LogP contribution >= 0.6 is 0 Å². The van der Waals surface area contributed by atoms with E-state index in [1.54, 1.807) is 0 Å². The molecule has 2 saturated heterocycles. The average Bonchev–Trinajstić information content (AvgIpc) is 3.13. The molecule has 6 nitrogen and oxygen atoms in total. The third-order valence-corrected chi connectivity index (χ3v) is 7.81. The Morgan fingerprint density at radius 3 is 2.62 bits per heavy atom. The first-order valence-electron chi connectivity index (χ1n) is 8.53. The number of sulfonamides is 1. The minimum Gasteiger partial charge on any atom is -0.320 e. The highest BCUT2D eigenvalue weighted by atomic mass is 32.2. The first-order valence-corrected chi connectivity index (χ1v) is 10.2. The summed E-state index contributed by atoms with van der Waals surface area (Å²) in [6.45, 7) is 2.08. The fraction of sp³-hybridized carbons (Fsp3) is 0.588. The third-order valence-electron chi connectivity index (χ3n) is 6.44. The highest BCUT2D eigenvalue weighted by Crippen LogP contribution is 2.59. The van der Waals surface area contributed by atoms with Gasteiger partial charge in [0, 0.05) is 24.3 Å². The normalized spacial score (nSPS) is 33.9. The molecule has 3 aliphatic rings. The van der Waals surface area contributed by atoms with Crippen LogP contribution in [0.1, 0.15) is 24.0 Å². The number of quaternary nitrogens is 1. The number of carbonyl (C=O) groups excluding carboxylic acids is 1. The van der Waals surface area contributed by atoms with E-state index in [4.69, 9.17) is 0 Å². The van der Waals surface area contributed by atoms with E-state index < -0.39 is 15.6 Å². The van der Waals surface area contributed by atoms with Crippen molar-refractivity contribution in [1.82, 2.24) is 4.72 Å². The molecule has 130 valence electrons. The van der Waals surface area contributed by atoms with Crippen LogP contribution in [0.4, 0.5) is 5.69 Å². The molecule has 1 amide bonds. The van der Waals surface area contributed by atoms with E-state index in [0.29, 0.717) is 12.3 Å². The zero-order valence-corrected chi connectivity index (χ0v) is 14.9. The summed E-state index contributed by atoms with van der Waals surface area (Å²) in [5.74, 6) is 0.576. The van der Waals surface area contributed by atoms with Gasteiger partial charge in [-0.3, -0.25) is 4.79 Å². The van der Waals surface area contributed by atoms with Crippen molar-refractivity contribution >= 4 is 21.6 Å². The maximum atomic E-state index is 13.0. The standard InChI is InChI=1S/C17H23N3O3S/c1-18-24(22,23)10-7-12-3-4-15-14(11-12)17(16(21)19-15)13-5-8-20(17,2)9-6-13/h3-4,11,13,18H,5-10H2,1-2H3/p+1. The van der Waals surface area contributed by atoms with Gasteiger partial charge in [0.15, 0.2) is 0 Å². The molecule has 24 heavy (non-hydrogen) atoms. The zero-order chi connectivity index (χ0) is 17.2. The van der Waals surface area contributed by atoms with Gasteiger partial charge in [0.25, 0.3) is 5.91 Å². The quantitative estimate of drug-likeness (QED) is 0.789. The summed E-state index contributed by atoms with van der Waals surface area (Å²) in [6, 6.07) is 5.93. The Balaban J connectivity index is 1.74. The number of likely N-dealkylation sites (N-methyl/N-ethyl adjacent to an activating group) is 1. The third kappa shape index (κ3) is 1.95. The molecule has 2 N–H and O–H groups in total. The Morgan fingerprint density at radius 1 is 1.33 bits per heavy atom. The van der Waals surface area contributed by atoms with E-state index in [9.17, 15) is 13.2 Å². The summed E-state index contributed by atoms with van der Waals surface area (Å²) in [5, 5.41) is 3.08. The molecule has 0 aliphatic carbocycles. The van der Waals surface area contributed by atoms with Crippen molar-refractivity contribution in [1.29, 1.82) is 0 Å². The number of hydrogen-bond donors (Lipinski definition) is 2. The molecular weight excluding hydrogens is 326 g/mol. The van der Waals surface area contributed by atoms with Crippen LogP contribution < -0.4 is 10.0 Å². The van der Waals surface area contributed by atoms with E-state index in [-0.39, 0.29) is 11.7 Å². The Hall–Kier alpha value is -1.44. The average molecular weight is 350 g/mol. The van der Waals surface area contributed by atoms with E-state index in [2.05, 4.69) is 23.2 Å². The van der Waals surface area contributed by atoms with Gasteiger partial charge < -0.3 is 9.80 Å². The second-order valence-electron chi connectivity index (χ2n) is 7.49. The Morgan fingerprint density at radius 2 is 2.04 bits per heavy atom. The van der Waals surface area contributed by atoms with Crippen molar-refractivity contribution < 1.29 is 17.7 Å². The number of carbonyl (C=O) groups is 1. The summed E-state index contributed by atoms with van der Waals surface area (Å²) >= 11 is 0. The van der Waals surface area contributed by atoms with Crippen molar-refractivity contribution in [2.24, 2.45) is 5.92 Å². The van der Waals surface area contributed by atoms with Crippen molar-refractivity contribution in [2.45, 2.75) is 24.8 Å². The van der Waals surface area contributed by atoms with Crippen LogP contribution in [0, 0.1) is 5.92 Å². The van der Waals surface area contributed by atoms with Gasteiger partial charge in [-0.25, -0.2) is 13.1 Å². The van der Waals surface area contributed by atoms with Crippen LogP contribution in [0.15, 0.2) is 18.2 Å². The first kappa shape index (κ1) is 16.1. The lowest BCUT2D eigenvalue weighted by Gasteiger charge is -2.39. The minimum absolute atomic E-state index is 0.0617. The van der Waals surface area contributed by atoms with Crippen LogP contribution in [0.5, 0.6) is 0 Å². The summed E-state index contributed by atoms with van der Waals surface area (Å²) in [6.07, 6.45) is 2.62. The minimum atomic E-state index is -3.23. The van der Waals surface area contributed by atoms with Crippen molar-refractivity contribution in [2.75, 3.05) is 38.3 Å². The lowest BCUT2D eigenvalue weighted by molar-refractivity contribution is -0.933. The lowest BCUT2D eigenvalue weighted by atomic mass is 9.80. The Labute approximate surface area is 142 Å². The second-order valence-corrected chi connectivity index (χ2v) is 9.54. The molecule has 3 aliphatic heterocycles. The van der Waals surface area contributed by atoms with Gasteiger partial charge in [0.05, 0.1) is 31.6 Å². The van der Waals surface area contributed by atoms with Gasteiger partial charge in [-0.15, -0.1) is 0 Å². The van der Waals surface area contributed by atoms with Crippen LogP contribution in [0.3, 0.4) is 0 Å². The summed E-state index contributed by atoms with van der Waals surface area (Å²) in [5.41, 5.74) is 2.49. The van der Waals surface area contributed by atoms with Crippen LogP contribution in [0.25, 0.3) is 0 Å². The van der Waals surface area contributed by atoms with E-state index in [1.165, 1.54) is 7.05 Å². The van der Waals surface area contributed by atoms with Crippen LogP contribution in [0.2, 0.25) is 0 Å². The summed E-state index contributed by atoms with van der Waals surface area (Å²) in [7, 11) is 0.401. The monoisotopic (exact) mass is 350 g/mol. The predicted octanol–water partition coefficient (Wildman–Crippen LogP) is 0.796. The number of amides is 1. The predicted molar refractivity (Wildman–Crippen MR) is 91.9 cm³/mol. The van der Waals surface area contributed by atoms with Crippen molar-refractivity contribution in [3.63, 3.8) is 0 Å². The second kappa shape index (κ2) is 5.03. The molecule has 2 fully saturated rings. The number of fused-ring (bicyclic) bond motifs is 1. The number of benzene rings is 1. The molecule has 1 atom stereocenters. The highest BCUT2D eigenvalue weighted by molar-refractivity contribution is 7.89. The Kier molecular flexibility index (Phi) is 3.37. The summed E-state index contributed by atoms with van der Waals surface area (Å²) in [4.78, 5) is 13.0. The van der Waals surface area contributed by atoms with Crippen molar-refractivity contribution in [3.05, 3.63) is 29.3 Å². The molecule has 2 bridgehead atoms. The number of nitrogens with zero attached hydrogens (tertiary/aromatic N) is 1. The molecule has 0 saturated carbocycles. The van der Waals surface area contributed by atoms with Gasteiger partial charge in [0.1, 0.15) is 0 Å². The molecule has 0 aromatic heterocycles. The number of piperidine rings is 1. The molecule has 1 spiro atoms. The SMILES string of the molecule is CNS(=O)(=O)CCc1ccc2c(c1)C1(C(=O)N2)C2CC[N+]1(C)CC2.